The van der Waals surface area contributed by atoms with Gasteiger partial charge in [0.05, 0.1) is 0 Å². The fourth-order valence-corrected chi connectivity index (χ4v) is 4.12. The second kappa shape index (κ2) is 4.84. The Morgan fingerprint density at radius 3 is 2.64 bits per heavy atom. The summed E-state index contributed by atoms with van der Waals surface area (Å²) in [5.41, 5.74) is 0. The summed E-state index contributed by atoms with van der Waals surface area (Å²) >= 11 is 7.38. The van der Waals surface area contributed by atoms with Crippen molar-refractivity contribution in [2.24, 2.45) is 0 Å². The molecule has 0 bridgehead atoms. The molecule has 1 atom stereocenters. The van der Waals surface area contributed by atoms with E-state index in [0.717, 1.165) is 11.3 Å². The third kappa shape index (κ3) is 2.25. The van der Waals surface area contributed by atoms with Gasteiger partial charge in [-0.05, 0) is 19.3 Å². The minimum Gasteiger partial charge on any atom is -0.353 e. The Morgan fingerprint density at radius 1 is 1.36 bits per heavy atom. The van der Waals surface area contributed by atoms with E-state index in [1.165, 1.54) is 49.4 Å². The van der Waals surface area contributed by atoms with Gasteiger partial charge in [-0.2, -0.15) is 0 Å². The van der Waals surface area contributed by atoms with Crippen LogP contribution >= 0.6 is 24.0 Å². The Labute approximate surface area is 96.6 Å². The highest BCUT2D eigenvalue weighted by Gasteiger charge is 2.31. The predicted octanol–water partition coefficient (Wildman–Crippen LogP) is 3.43. The molecule has 3 heteroatoms. The second-order valence-corrected chi connectivity index (χ2v) is 6.29. The van der Waals surface area contributed by atoms with Crippen LogP contribution in [0.15, 0.2) is 0 Å². The van der Waals surface area contributed by atoms with Gasteiger partial charge in [0.15, 0.2) is 0 Å². The monoisotopic (exact) mass is 229 g/mol. The van der Waals surface area contributed by atoms with Crippen LogP contribution in [0, 0.1) is 0 Å². The number of hydrogen-bond acceptors (Lipinski definition) is 2. The van der Waals surface area contributed by atoms with Crippen LogP contribution in [0.25, 0.3) is 0 Å². The molecule has 0 N–H and O–H groups in total. The fraction of sp³-hybridized carbons (Fsp3) is 0.909. The van der Waals surface area contributed by atoms with E-state index in [1.807, 2.05) is 11.8 Å². The van der Waals surface area contributed by atoms with Gasteiger partial charge < -0.3 is 4.90 Å². The van der Waals surface area contributed by atoms with E-state index in [4.69, 9.17) is 12.2 Å². The number of thioether (sulfide) groups is 1. The third-order valence-corrected chi connectivity index (χ3v) is 5.15. The van der Waals surface area contributed by atoms with Crippen molar-refractivity contribution in [2.45, 2.75) is 56.7 Å². The minimum atomic E-state index is 0.768. The molecule has 1 heterocycles. The highest BCUT2D eigenvalue weighted by Crippen LogP contribution is 2.33. The maximum absolute atomic E-state index is 5.45. The second-order valence-electron chi connectivity index (χ2n) is 4.36. The summed E-state index contributed by atoms with van der Waals surface area (Å²) in [5, 5.41) is 0.768. The van der Waals surface area contributed by atoms with Gasteiger partial charge in [-0.25, -0.2) is 0 Å². The molecule has 2 aliphatic rings. The lowest BCUT2D eigenvalue weighted by atomic mass is 9.94. The maximum Gasteiger partial charge on any atom is 0.136 e. The molecule has 1 nitrogen and oxygen atoms in total. The zero-order valence-corrected chi connectivity index (χ0v) is 10.5. The molecule has 1 aliphatic heterocycles. The van der Waals surface area contributed by atoms with Crippen molar-refractivity contribution in [1.82, 2.24) is 4.90 Å². The van der Waals surface area contributed by atoms with E-state index < -0.39 is 0 Å². The third-order valence-electron chi connectivity index (χ3n) is 3.37. The smallest absolute Gasteiger partial charge is 0.136 e. The van der Waals surface area contributed by atoms with Crippen molar-refractivity contribution in [1.29, 1.82) is 0 Å². The normalized spacial score (nSPS) is 29.9. The van der Waals surface area contributed by atoms with Crippen molar-refractivity contribution >= 4 is 28.3 Å². The van der Waals surface area contributed by atoms with Crippen LogP contribution in [-0.2, 0) is 0 Å². The summed E-state index contributed by atoms with van der Waals surface area (Å²) in [6.07, 6.45) is 8.25. The summed E-state index contributed by atoms with van der Waals surface area (Å²) in [6.45, 7) is 3.48. The molecule has 1 unspecified atom stereocenters. The Morgan fingerprint density at radius 2 is 2.07 bits per heavy atom. The van der Waals surface area contributed by atoms with Gasteiger partial charge in [0, 0.05) is 17.8 Å². The average Bonchev–Trinajstić information content (AvgIpc) is 2.61. The highest BCUT2D eigenvalue weighted by atomic mass is 32.2. The van der Waals surface area contributed by atoms with E-state index in [1.54, 1.807) is 0 Å². The van der Waals surface area contributed by atoms with Crippen LogP contribution in [-0.4, -0.2) is 27.1 Å². The standard InChI is InChI=1S/C11H19NS2/c1-2-10-8-12(11(13)14-10)9-6-4-3-5-7-9/h9-10H,2-8H2,1H3. The molecule has 2 rings (SSSR count). The molecular weight excluding hydrogens is 210 g/mol. The molecule has 2 fully saturated rings. The molecule has 0 aromatic heterocycles. The van der Waals surface area contributed by atoms with Crippen molar-refractivity contribution < 1.29 is 0 Å². The lowest BCUT2D eigenvalue weighted by molar-refractivity contribution is 0.255. The predicted molar refractivity (Wildman–Crippen MR) is 67.8 cm³/mol. The van der Waals surface area contributed by atoms with E-state index in [9.17, 15) is 0 Å². The van der Waals surface area contributed by atoms with Crippen molar-refractivity contribution in [3.05, 3.63) is 0 Å². The van der Waals surface area contributed by atoms with Crippen LogP contribution in [0.1, 0.15) is 45.4 Å². The summed E-state index contributed by atoms with van der Waals surface area (Å²) in [4.78, 5) is 2.51. The largest absolute Gasteiger partial charge is 0.353 e. The Bertz CT molecular complexity index is 211. The Hall–Kier alpha value is 0.240. The van der Waals surface area contributed by atoms with Crippen molar-refractivity contribution in [3.8, 4) is 0 Å². The van der Waals surface area contributed by atoms with Gasteiger partial charge >= 0.3 is 0 Å². The number of thiocarbonyl (C=S) groups is 1. The average molecular weight is 229 g/mol. The first-order valence-corrected chi connectivity index (χ1v) is 7.07. The van der Waals surface area contributed by atoms with Gasteiger partial charge in [0.1, 0.15) is 4.32 Å². The van der Waals surface area contributed by atoms with Crippen LogP contribution in [0.2, 0.25) is 0 Å². The Balaban J connectivity index is 1.93. The van der Waals surface area contributed by atoms with Gasteiger partial charge in [-0.15, -0.1) is 0 Å². The van der Waals surface area contributed by atoms with Gasteiger partial charge in [-0.1, -0.05) is 50.2 Å². The molecule has 0 aromatic rings. The van der Waals surface area contributed by atoms with Crippen molar-refractivity contribution in [2.75, 3.05) is 6.54 Å². The number of nitrogens with zero attached hydrogens (tertiary/aromatic N) is 1. The molecule has 0 aromatic carbocycles. The topological polar surface area (TPSA) is 3.24 Å². The van der Waals surface area contributed by atoms with Crippen LogP contribution < -0.4 is 0 Å². The fourth-order valence-electron chi connectivity index (χ4n) is 2.44. The molecule has 1 saturated heterocycles. The Kier molecular flexibility index (Phi) is 3.72. The summed E-state index contributed by atoms with van der Waals surface area (Å²) in [7, 11) is 0. The zero-order valence-electron chi connectivity index (χ0n) is 8.87. The molecule has 1 saturated carbocycles. The van der Waals surface area contributed by atoms with Crippen LogP contribution in [0.5, 0.6) is 0 Å². The van der Waals surface area contributed by atoms with Crippen LogP contribution in [0.3, 0.4) is 0 Å². The molecule has 80 valence electrons. The lowest BCUT2D eigenvalue weighted by Gasteiger charge is -2.32. The molecular formula is C11H19NS2. The summed E-state index contributed by atoms with van der Waals surface area (Å²) in [5.74, 6) is 0. The van der Waals surface area contributed by atoms with Gasteiger partial charge in [0.2, 0.25) is 0 Å². The first-order chi connectivity index (χ1) is 6.81. The first kappa shape index (κ1) is 10.7. The first-order valence-electron chi connectivity index (χ1n) is 5.78. The quantitative estimate of drug-likeness (QED) is 0.668. The molecule has 0 radical (unpaired) electrons. The molecule has 0 amide bonds. The van der Waals surface area contributed by atoms with E-state index in [-0.39, 0.29) is 0 Å². The van der Waals surface area contributed by atoms with Crippen molar-refractivity contribution in [3.63, 3.8) is 0 Å². The number of hydrogen-bond donors (Lipinski definition) is 0. The minimum absolute atomic E-state index is 0.768. The maximum atomic E-state index is 5.45. The van der Waals surface area contributed by atoms with E-state index in [0.29, 0.717) is 0 Å². The molecule has 14 heavy (non-hydrogen) atoms. The number of rotatable bonds is 2. The molecule has 0 spiro atoms. The summed E-state index contributed by atoms with van der Waals surface area (Å²) in [6, 6.07) is 0.778. The zero-order chi connectivity index (χ0) is 9.97. The molecule has 1 aliphatic carbocycles. The van der Waals surface area contributed by atoms with E-state index in [2.05, 4.69) is 11.8 Å². The van der Waals surface area contributed by atoms with E-state index >= 15 is 0 Å². The highest BCUT2D eigenvalue weighted by molar-refractivity contribution is 8.23. The van der Waals surface area contributed by atoms with Crippen LogP contribution in [0.4, 0.5) is 0 Å². The lowest BCUT2D eigenvalue weighted by Crippen LogP contribution is -2.37. The summed E-state index contributed by atoms with van der Waals surface area (Å²) < 4.78 is 1.17. The SMILES string of the molecule is CCC1CN(C2CCCCC2)C(=S)S1. The van der Waals surface area contributed by atoms with Gasteiger partial charge in [0.25, 0.3) is 0 Å². The van der Waals surface area contributed by atoms with Gasteiger partial charge in [-0.3, -0.25) is 0 Å².